The van der Waals surface area contributed by atoms with Gasteiger partial charge >= 0.3 is 0 Å². The molecule has 20 heavy (non-hydrogen) atoms. The summed E-state index contributed by atoms with van der Waals surface area (Å²) >= 11 is 0. The van der Waals surface area contributed by atoms with Gasteiger partial charge in [0.25, 0.3) is 0 Å². The minimum atomic E-state index is 0.739. The van der Waals surface area contributed by atoms with Crippen LogP contribution in [0.2, 0.25) is 0 Å². The van der Waals surface area contributed by atoms with Crippen LogP contribution in [0.5, 0.6) is 0 Å². The first kappa shape index (κ1) is 16.1. The quantitative estimate of drug-likeness (QED) is 0.536. The third-order valence-electron chi connectivity index (χ3n) is 2.74. The summed E-state index contributed by atoms with van der Waals surface area (Å²) < 4.78 is 0. The van der Waals surface area contributed by atoms with E-state index in [2.05, 4.69) is 65.7 Å². The van der Waals surface area contributed by atoms with E-state index in [9.17, 15) is 0 Å². The molecular formula is C16H24N4. The third kappa shape index (κ3) is 6.85. The Morgan fingerprint density at radius 1 is 1.30 bits per heavy atom. The summed E-state index contributed by atoms with van der Waals surface area (Å²) in [6.45, 7) is 9.99. The van der Waals surface area contributed by atoms with Gasteiger partial charge in [-0.3, -0.25) is 10.4 Å². The van der Waals surface area contributed by atoms with Crippen molar-refractivity contribution in [1.82, 2.24) is 10.7 Å². The van der Waals surface area contributed by atoms with Crippen molar-refractivity contribution >= 4 is 12.4 Å². The summed E-state index contributed by atoms with van der Waals surface area (Å²) in [4.78, 5) is 4.52. The largest absolute Gasteiger partial charge is 0.307 e. The second kappa shape index (κ2) is 9.92. The molecule has 0 radical (unpaired) electrons. The summed E-state index contributed by atoms with van der Waals surface area (Å²) in [5, 5.41) is 6.96. The van der Waals surface area contributed by atoms with Crippen LogP contribution >= 0.6 is 0 Å². The van der Waals surface area contributed by atoms with Gasteiger partial charge in [-0.25, -0.2) is 0 Å². The maximum Gasteiger partial charge on any atom is 0.0501 e. The van der Waals surface area contributed by atoms with Crippen molar-refractivity contribution < 1.29 is 0 Å². The molecule has 4 heteroatoms. The number of aryl methyl sites for hydroxylation is 1. The number of nitrogens with zero attached hydrogens (tertiary/aromatic N) is 2. The van der Waals surface area contributed by atoms with Crippen LogP contribution in [-0.2, 0) is 6.54 Å². The number of hydrogen-bond donors (Lipinski definition) is 2. The number of rotatable bonds is 9. The predicted molar refractivity (Wildman–Crippen MR) is 87.3 cm³/mol. The minimum Gasteiger partial charge on any atom is -0.307 e. The number of benzene rings is 1. The highest BCUT2D eigenvalue weighted by atomic mass is 15.3. The van der Waals surface area contributed by atoms with Gasteiger partial charge in [0.2, 0.25) is 0 Å². The fourth-order valence-corrected chi connectivity index (χ4v) is 1.65. The van der Waals surface area contributed by atoms with E-state index in [1.807, 2.05) is 6.08 Å². The molecule has 108 valence electrons. The molecule has 0 aliphatic rings. The maximum atomic E-state index is 4.52. The van der Waals surface area contributed by atoms with Crippen LogP contribution in [0.25, 0.3) is 0 Å². The molecule has 0 aliphatic carbocycles. The maximum absolute atomic E-state index is 4.52. The second-order valence-corrected chi connectivity index (χ2v) is 4.58. The fraction of sp³-hybridized carbons (Fsp3) is 0.375. The first-order valence-electron chi connectivity index (χ1n) is 6.93. The highest BCUT2D eigenvalue weighted by Crippen LogP contribution is 2.02. The molecule has 1 aromatic rings. The number of nitrogens with one attached hydrogen (secondary N) is 2. The van der Waals surface area contributed by atoms with Gasteiger partial charge in [-0.1, -0.05) is 36.8 Å². The lowest BCUT2D eigenvalue weighted by Gasteiger charge is -2.06. The van der Waals surface area contributed by atoms with Gasteiger partial charge < -0.3 is 5.32 Å². The van der Waals surface area contributed by atoms with E-state index in [0.29, 0.717) is 0 Å². The molecule has 0 fully saturated rings. The van der Waals surface area contributed by atoms with Crippen LogP contribution < -0.4 is 10.7 Å². The summed E-state index contributed by atoms with van der Waals surface area (Å²) in [6.07, 6.45) is 4.71. The normalized spacial score (nSPS) is 11.8. The van der Waals surface area contributed by atoms with Crippen LogP contribution in [0, 0.1) is 6.92 Å². The van der Waals surface area contributed by atoms with Crippen LogP contribution in [0.15, 0.2) is 46.6 Å². The van der Waals surface area contributed by atoms with Crippen molar-refractivity contribution in [2.75, 3.05) is 13.1 Å². The minimum absolute atomic E-state index is 0.739. The lowest BCUT2D eigenvalue weighted by atomic mass is 10.1. The molecular weight excluding hydrogens is 248 g/mol. The molecule has 0 atom stereocenters. The molecule has 0 spiro atoms. The standard InChI is InChI=1S/C16H24N4/c1-4-10-19-16(9-11-20-17-3)13-18-12-15-7-5-14(2)6-8-15/h5-9,11,18,20H,3-4,10,12-13H2,1-2H3/b11-9-,19-16?. The van der Waals surface area contributed by atoms with E-state index < -0.39 is 0 Å². The lowest BCUT2D eigenvalue weighted by Crippen LogP contribution is -2.22. The summed E-state index contributed by atoms with van der Waals surface area (Å²) in [6, 6.07) is 8.54. The van der Waals surface area contributed by atoms with Crippen molar-refractivity contribution in [2.24, 2.45) is 10.1 Å². The average Bonchev–Trinajstić information content (AvgIpc) is 2.46. The van der Waals surface area contributed by atoms with Crippen LogP contribution in [0.1, 0.15) is 24.5 Å². The molecule has 0 amide bonds. The van der Waals surface area contributed by atoms with Crippen molar-refractivity contribution in [2.45, 2.75) is 26.8 Å². The number of hydrazone groups is 1. The zero-order valence-corrected chi connectivity index (χ0v) is 12.4. The smallest absolute Gasteiger partial charge is 0.0501 e. The van der Waals surface area contributed by atoms with Crippen LogP contribution in [-0.4, -0.2) is 25.5 Å². The Labute approximate surface area is 121 Å². The Balaban J connectivity index is 2.45. The number of hydrogen-bond acceptors (Lipinski definition) is 4. The SMILES string of the molecule is C=NN/C=C\C(CNCc1ccc(C)cc1)=NCCC. The summed E-state index contributed by atoms with van der Waals surface area (Å²) in [5.41, 5.74) is 6.26. The monoisotopic (exact) mass is 272 g/mol. The Kier molecular flexibility index (Phi) is 7.99. The van der Waals surface area contributed by atoms with Gasteiger partial charge in [0.15, 0.2) is 0 Å². The molecule has 0 aliphatic heterocycles. The molecule has 1 rings (SSSR count). The van der Waals surface area contributed by atoms with E-state index in [0.717, 1.165) is 31.8 Å². The van der Waals surface area contributed by atoms with E-state index in [1.54, 1.807) is 6.20 Å². The van der Waals surface area contributed by atoms with E-state index in [-0.39, 0.29) is 0 Å². The Bertz CT molecular complexity index is 446. The first-order chi connectivity index (χ1) is 9.76. The van der Waals surface area contributed by atoms with Gasteiger partial charge in [-0.2, -0.15) is 5.10 Å². The molecule has 2 N–H and O–H groups in total. The predicted octanol–water partition coefficient (Wildman–Crippen LogP) is 2.65. The Hall–Kier alpha value is -1.94. The topological polar surface area (TPSA) is 48.8 Å². The number of aliphatic imine (C=N–C) groups is 1. The zero-order chi connectivity index (χ0) is 14.6. The zero-order valence-electron chi connectivity index (χ0n) is 12.4. The molecule has 1 aromatic carbocycles. The van der Waals surface area contributed by atoms with E-state index in [4.69, 9.17) is 0 Å². The molecule has 0 aromatic heterocycles. The fourth-order valence-electron chi connectivity index (χ4n) is 1.65. The highest BCUT2D eigenvalue weighted by Gasteiger charge is 1.96. The Morgan fingerprint density at radius 2 is 2.05 bits per heavy atom. The highest BCUT2D eigenvalue weighted by molar-refractivity contribution is 5.96. The Morgan fingerprint density at radius 3 is 2.70 bits per heavy atom. The van der Waals surface area contributed by atoms with Crippen molar-refractivity contribution in [3.8, 4) is 0 Å². The molecule has 0 heterocycles. The van der Waals surface area contributed by atoms with E-state index in [1.165, 1.54) is 11.1 Å². The van der Waals surface area contributed by atoms with Gasteiger partial charge in [-0.05, 0) is 25.0 Å². The van der Waals surface area contributed by atoms with Gasteiger partial charge in [0, 0.05) is 32.6 Å². The second-order valence-electron chi connectivity index (χ2n) is 4.58. The average molecular weight is 272 g/mol. The molecule has 0 saturated carbocycles. The van der Waals surface area contributed by atoms with Gasteiger partial charge in [0.05, 0.1) is 5.71 Å². The van der Waals surface area contributed by atoms with E-state index >= 15 is 0 Å². The van der Waals surface area contributed by atoms with Crippen LogP contribution in [0.3, 0.4) is 0 Å². The summed E-state index contributed by atoms with van der Waals surface area (Å²) in [5.74, 6) is 0. The van der Waals surface area contributed by atoms with Crippen molar-refractivity contribution in [3.05, 3.63) is 47.7 Å². The first-order valence-corrected chi connectivity index (χ1v) is 6.93. The van der Waals surface area contributed by atoms with Crippen molar-refractivity contribution in [1.29, 1.82) is 0 Å². The van der Waals surface area contributed by atoms with Gasteiger partial charge in [-0.15, -0.1) is 0 Å². The lowest BCUT2D eigenvalue weighted by molar-refractivity contribution is 0.773. The molecule has 0 unspecified atom stereocenters. The van der Waals surface area contributed by atoms with Crippen molar-refractivity contribution in [3.63, 3.8) is 0 Å². The molecule has 0 bridgehead atoms. The molecule has 0 saturated heterocycles. The molecule has 4 nitrogen and oxygen atoms in total. The third-order valence-corrected chi connectivity index (χ3v) is 2.74. The summed E-state index contributed by atoms with van der Waals surface area (Å²) in [7, 11) is 0. The van der Waals surface area contributed by atoms with Crippen LogP contribution in [0.4, 0.5) is 0 Å². The van der Waals surface area contributed by atoms with Gasteiger partial charge in [0.1, 0.15) is 0 Å².